The van der Waals surface area contributed by atoms with Crippen LogP contribution in [0.25, 0.3) is 0 Å². The molecule has 3 aliphatic heterocycles. The van der Waals surface area contributed by atoms with Crippen molar-refractivity contribution in [3.05, 3.63) is 85.1 Å². The van der Waals surface area contributed by atoms with E-state index in [0.29, 0.717) is 12.8 Å². The molecule has 1 amide bonds. The fourth-order valence-electron chi connectivity index (χ4n) is 13.2. The summed E-state index contributed by atoms with van der Waals surface area (Å²) in [6.07, 6.45) is 55.8. The second-order valence-electron chi connectivity index (χ2n) is 28.5. The van der Waals surface area contributed by atoms with Gasteiger partial charge in [-0.15, -0.1) is 0 Å². The van der Waals surface area contributed by atoms with Crippen LogP contribution in [0.15, 0.2) is 85.1 Å². The molecular weight excluding hydrogens is 1290 g/mol. The summed E-state index contributed by atoms with van der Waals surface area (Å²) in [5, 5.41) is 121. The highest BCUT2D eigenvalue weighted by Crippen LogP contribution is 2.33. The Hall–Kier alpha value is -3.03. The number of rotatable bonds is 63. The summed E-state index contributed by atoms with van der Waals surface area (Å²) in [7, 11) is 0. The van der Waals surface area contributed by atoms with E-state index in [2.05, 4.69) is 92.1 Å². The topological polar surface area (TPSA) is 307 Å². The van der Waals surface area contributed by atoms with Crippen molar-refractivity contribution in [2.24, 2.45) is 0 Å². The molecule has 0 bridgehead atoms. The van der Waals surface area contributed by atoms with Crippen molar-refractivity contribution < 1.29 is 89.4 Å². The van der Waals surface area contributed by atoms with E-state index in [1.165, 1.54) is 167 Å². The van der Waals surface area contributed by atoms with Crippen molar-refractivity contribution in [3.8, 4) is 0 Å². The van der Waals surface area contributed by atoms with Crippen molar-refractivity contribution in [2.75, 3.05) is 26.4 Å². The predicted molar refractivity (Wildman–Crippen MR) is 401 cm³/mol. The van der Waals surface area contributed by atoms with E-state index in [1.807, 2.05) is 6.08 Å². The molecule has 17 atom stereocenters. The van der Waals surface area contributed by atoms with E-state index < -0.39 is 124 Å². The smallest absolute Gasteiger partial charge is 0.220 e. The molecule has 0 aliphatic carbocycles. The second-order valence-corrected chi connectivity index (χ2v) is 28.5. The molecule has 17 unspecified atom stereocenters. The van der Waals surface area contributed by atoms with Gasteiger partial charge in [-0.05, 0) is 77.0 Å². The lowest BCUT2D eigenvalue weighted by Gasteiger charge is -2.48. The molecule has 12 N–H and O–H groups in total. The molecule has 19 heteroatoms. The molecule has 0 saturated carbocycles. The van der Waals surface area contributed by atoms with Gasteiger partial charge in [0.25, 0.3) is 0 Å². The van der Waals surface area contributed by atoms with Crippen molar-refractivity contribution in [2.45, 2.75) is 401 Å². The van der Waals surface area contributed by atoms with Gasteiger partial charge < -0.3 is 89.9 Å². The Bertz CT molecular complexity index is 2150. The summed E-state index contributed by atoms with van der Waals surface area (Å²) in [6, 6.07) is -1.00. The van der Waals surface area contributed by atoms with Crippen LogP contribution in [0.3, 0.4) is 0 Å². The van der Waals surface area contributed by atoms with Crippen LogP contribution in [0.5, 0.6) is 0 Å². The first-order valence-electron chi connectivity index (χ1n) is 40.3. The van der Waals surface area contributed by atoms with Crippen molar-refractivity contribution in [3.63, 3.8) is 0 Å². The van der Waals surface area contributed by atoms with Crippen LogP contribution in [-0.4, -0.2) is 193 Å². The Balaban J connectivity index is 1.39. The lowest BCUT2D eigenvalue weighted by molar-refractivity contribution is -0.379. The lowest BCUT2D eigenvalue weighted by Crippen LogP contribution is -2.66. The number of carbonyl (C=O) groups excluding carboxylic acids is 1. The summed E-state index contributed by atoms with van der Waals surface area (Å²) in [4.78, 5) is 13.5. The standard InChI is InChI=1S/C82H145NO18/c1-3-5-7-9-11-13-15-17-19-21-23-25-27-28-29-30-31-32-33-34-35-36-38-39-41-43-45-47-49-51-53-55-57-59-66(87)65(83-70(88)60-58-56-54-52-50-48-46-44-42-40-37-26-24-22-20-18-16-14-12-10-8-6-4-2)64-96-80-76(94)73(91)78(68(62-85)98-80)101-82-77(95)74(92)79(69(63-86)99-82)100-81-75(93)72(90)71(89)67(61-84)97-81/h6,8,12,14,18,20,24,26,40,42,49,51,57,59,65-69,71-82,84-87,89-95H,3-5,7,9-11,13,15-17,19,21-23,25,27-39,41,43-48,50,52-56,58,60-64H2,1-2H3,(H,83,88)/b8-6-,14-12-,20-18-,26-24-,42-40-,51-49+,59-57+. The Morgan fingerprint density at radius 2 is 0.693 bits per heavy atom. The molecule has 0 aromatic carbocycles. The Morgan fingerprint density at radius 3 is 1.11 bits per heavy atom. The Morgan fingerprint density at radius 1 is 0.366 bits per heavy atom. The summed E-state index contributed by atoms with van der Waals surface area (Å²) < 4.78 is 34.4. The van der Waals surface area contributed by atoms with E-state index in [0.717, 1.165) is 96.3 Å². The largest absolute Gasteiger partial charge is 0.394 e. The molecule has 3 saturated heterocycles. The fraction of sp³-hybridized carbons (Fsp3) is 0.817. The number of hydrogen-bond donors (Lipinski definition) is 12. The third-order valence-corrected chi connectivity index (χ3v) is 19.7. The summed E-state index contributed by atoms with van der Waals surface area (Å²) >= 11 is 0. The Labute approximate surface area is 610 Å². The van der Waals surface area contributed by atoms with Gasteiger partial charge in [-0.1, -0.05) is 298 Å². The molecular formula is C82H145NO18. The van der Waals surface area contributed by atoms with E-state index in [9.17, 15) is 61.0 Å². The minimum atomic E-state index is -1.99. The fourth-order valence-corrected chi connectivity index (χ4v) is 13.2. The number of unbranched alkanes of at least 4 members (excludes halogenated alkanes) is 35. The molecule has 3 aliphatic rings. The molecule has 0 radical (unpaired) electrons. The van der Waals surface area contributed by atoms with Gasteiger partial charge in [0.1, 0.15) is 73.2 Å². The molecule has 3 rings (SSSR count). The summed E-state index contributed by atoms with van der Waals surface area (Å²) in [5.41, 5.74) is 0. The van der Waals surface area contributed by atoms with Crippen LogP contribution in [0, 0.1) is 0 Å². The number of carbonyl (C=O) groups is 1. The normalized spacial score (nSPS) is 26.8. The number of aliphatic hydroxyl groups is 11. The van der Waals surface area contributed by atoms with E-state index in [4.69, 9.17) is 28.4 Å². The highest BCUT2D eigenvalue weighted by molar-refractivity contribution is 5.76. The monoisotopic (exact) mass is 1430 g/mol. The van der Waals surface area contributed by atoms with Gasteiger partial charge in [0, 0.05) is 6.42 Å². The molecule has 101 heavy (non-hydrogen) atoms. The van der Waals surface area contributed by atoms with Crippen molar-refractivity contribution in [1.82, 2.24) is 5.32 Å². The van der Waals surface area contributed by atoms with Gasteiger partial charge in [0.2, 0.25) is 5.91 Å². The van der Waals surface area contributed by atoms with Crippen LogP contribution < -0.4 is 5.32 Å². The molecule has 19 nitrogen and oxygen atoms in total. The van der Waals surface area contributed by atoms with E-state index in [-0.39, 0.29) is 18.9 Å². The molecule has 586 valence electrons. The van der Waals surface area contributed by atoms with Gasteiger partial charge in [0.05, 0.1) is 38.6 Å². The number of hydrogen-bond acceptors (Lipinski definition) is 18. The van der Waals surface area contributed by atoms with E-state index in [1.54, 1.807) is 6.08 Å². The van der Waals surface area contributed by atoms with Crippen LogP contribution >= 0.6 is 0 Å². The van der Waals surface area contributed by atoms with Gasteiger partial charge >= 0.3 is 0 Å². The van der Waals surface area contributed by atoms with Gasteiger partial charge in [-0.3, -0.25) is 4.79 Å². The first kappa shape index (κ1) is 92.2. The number of ether oxygens (including phenoxy) is 6. The first-order valence-corrected chi connectivity index (χ1v) is 40.3. The first-order chi connectivity index (χ1) is 49.3. The zero-order valence-corrected chi connectivity index (χ0v) is 62.6. The molecule has 3 heterocycles. The SMILES string of the molecule is CC/C=C\C/C=C\C/C=C\C/C=C\C/C=C\CCCCCCCCCC(=O)NC(COC1OC(CO)C(OC2OC(CO)C(OC3OC(CO)C(O)C(O)C3O)C(O)C2O)C(O)C1O)C(O)/C=C/CC/C=C/CCCCCCCCCCCCCCCCCCCCCCCCCCCCC. The van der Waals surface area contributed by atoms with E-state index >= 15 is 0 Å². The minimum Gasteiger partial charge on any atom is -0.394 e. The molecule has 0 spiro atoms. The Kier molecular flexibility index (Phi) is 56.6. The van der Waals surface area contributed by atoms with Crippen LogP contribution in [0.4, 0.5) is 0 Å². The maximum atomic E-state index is 13.5. The number of allylic oxidation sites excluding steroid dienone is 13. The molecule has 3 fully saturated rings. The minimum absolute atomic E-state index is 0.218. The second kappa shape index (κ2) is 62.1. The quantitative estimate of drug-likeness (QED) is 0.0199. The number of nitrogens with one attached hydrogen (secondary N) is 1. The highest BCUT2D eigenvalue weighted by Gasteiger charge is 2.54. The number of aliphatic hydroxyl groups excluding tert-OH is 11. The van der Waals surface area contributed by atoms with Crippen molar-refractivity contribution in [1.29, 1.82) is 0 Å². The third-order valence-electron chi connectivity index (χ3n) is 19.7. The van der Waals surface area contributed by atoms with Crippen LogP contribution in [0.2, 0.25) is 0 Å². The molecule has 0 aromatic rings. The van der Waals surface area contributed by atoms with Gasteiger partial charge in [-0.25, -0.2) is 0 Å². The maximum absolute atomic E-state index is 13.5. The average molecular weight is 1430 g/mol. The number of amides is 1. The zero-order valence-electron chi connectivity index (χ0n) is 62.6. The van der Waals surface area contributed by atoms with Crippen molar-refractivity contribution >= 4 is 5.91 Å². The molecule has 0 aromatic heterocycles. The van der Waals surface area contributed by atoms with Gasteiger partial charge in [-0.2, -0.15) is 0 Å². The predicted octanol–water partition coefficient (Wildman–Crippen LogP) is 13.4. The zero-order chi connectivity index (χ0) is 73.2. The van der Waals surface area contributed by atoms with Crippen LogP contribution in [0.1, 0.15) is 296 Å². The maximum Gasteiger partial charge on any atom is 0.220 e. The summed E-state index contributed by atoms with van der Waals surface area (Å²) in [6.45, 7) is 1.62. The lowest BCUT2D eigenvalue weighted by atomic mass is 9.96. The summed E-state index contributed by atoms with van der Waals surface area (Å²) in [5.74, 6) is -0.297. The highest BCUT2D eigenvalue weighted by atomic mass is 16.8. The third kappa shape index (κ3) is 42.2. The van der Waals surface area contributed by atoms with Gasteiger partial charge in [0.15, 0.2) is 18.9 Å². The average Bonchev–Trinajstić information content (AvgIpc) is 0.782. The van der Waals surface area contributed by atoms with Crippen LogP contribution in [-0.2, 0) is 33.2 Å².